The molecule has 1 rings (SSSR count). The number of hydrogen-bond donors (Lipinski definition) is 1. The maximum atomic E-state index is 6.17. The van der Waals surface area contributed by atoms with Crippen molar-refractivity contribution >= 4 is 5.69 Å². The summed E-state index contributed by atoms with van der Waals surface area (Å²) in [4.78, 5) is 2.51. The van der Waals surface area contributed by atoms with Gasteiger partial charge in [-0.2, -0.15) is 0 Å². The molecule has 0 saturated carbocycles. The lowest BCUT2D eigenvalue weighted by molar-refractivity contribution is 0.546. The van der Waals surface area contributed by atoms with Crippen LogP contribution in [0.1, 0.15) is 51.7 Å². The van der Waals surface area contributed by atoms with E-state index in [2.05, 4.69) is 57.7 Å². The normalized spacial score (nSPS) is 14.1. The molecule has 0 bridgehead atoms. The van der Waals surface area contributed by atoms with Crippen LogP contribution in [0.25, 0.3) is 0 Å². The Kier molecular flexibility index (Phi) is 7.08. The molecule has 20 heavy (non-hydrogen) atoms. The second-order valence-electron chi connectivity index (χ2n) is 6.06. The quantitative estimate of drug-likeness (QED) is 0.773. The first kappa shape index (κ1) is 17.0. The number of anilines is 1. The smallest absolute Gasteiger partial charge is 0.0399 e. The van der Waals surface area contributed by atoms with E-state index in [1.165, 1.54) is 23.2 Å². The highest BCUT2D eigenvalue weighted by Gasteiger charge is 2.14. The van der Waals surface area contributed by atoms with Gasteiger partial charge in [0.05, 0.1) is 0 Å². The summed E-state index contributed by atoms with van der Waals surface area (Å²) >= 11 is 0. The van der Waals surface area contributed by atoms with Crippen LogP contribution in [0.15, 0.2) is 18.2 Å². The SMILES string of the molecule is CCC(C)CN(CC)c1ccc(C)cc1CC(N)CC. The van der Waals surface area contributed by atoms with E-state index in [4.69, 9.17) is 5.73 Å². The summed E-state index contributed by atoms with van der Waals surface area (Å²) in [6, 6.07) is 7.07. The van der Waals surface area contributed by atoms with Crippen molar-refractivity contribution in [2.75, 3.05) is 18.0 Å². The first-order valence-electron chi connectivity index (χ1n) is 8.11. The van der Waals surface area contributed by atoms with E-state index in [9.17, 15) is 0 Å². The zero-order valence-corrected chi connectivity index (χ0v) is 13.9. The first-order valence-corrected chi connectivity index (χ1v) is 8.11. The van der Waals surface area contributed by atoms with E-state index in [0.29, 0.717) is 0 Å². The van der Waals surface area contributed by atoms with Gasteiger partial charge in [-0.3, -0.25) is 0 Å². The van der Waals surface area contributed by atoms with Crippen LogP contribution in [-0.2, 0) is 6.42 Å². The number of hydrogen-bond acceptors (Lipinski definition) is 2. The van der Waals surface area contributed by atoms with Gasteiger partial charge in [0.25, 0.3) is 0 Å². The average Bonchev–Trinajstić information content (AvgIpc) is 2.45. The van der Waals surface area contributed by atoms with Crippen LogP contribution < -0.4 is 10.6 Å². The largest absolute Gasteiger partial charge is 0.371 e. The minimum Gasteiger partial charge on any atom is -0.371 e. The molecule has 2 N–H and O–H groups in total. The van der Waals surface area contributed by atoms with Gasteiger partial charge in [-0.05, 0) is 44.2 Å². The molecule has 0 spiro atoms. The molecule has 0 fully saturated rings. The van der Waals surface area contributed by atoms with Gasteiger partial charge in [-0.25, -0.2) is 0 Å². The Hall–Kier alpha value is -1.02. The van der Waals surface area contributed by atoms with Crippen molar-refractivity contribution in [3.8, 4) is 0 Å². The predicted octanol–water partition coefficient (Wildman–Crippen LogP) is 4.15. The molecule has 2 heteroatoms. The van der Waals surface area contributed by atoms with E-state index < -0.39 is 0 Å². The standard InChI is InChI=1S/C18H32N2/c1-6-14(4)13-20(8-3)18-10-9-15(5)11-16(18)12-17(19)7-2/h9-11,14,17H,6-8,12-13,19H2,1-5H3. The van der Waals surface area contributed by atoms with Crippen molar-refractivity contribution in [1.82, 2.24) is 0 Å². The van der Waals surface area contributed by atoms with Crippen LogP contribution in [0.5, 0.6) is 0 Å². The highest BCUT2D eigenvalue weighted by molar-refractivity contribution is 5.55. The lowest BCUT2D eigenvalue weighted by Gasteiger charge is -2.29. The molecule has 0 aromatic heterocycles. The van der Waals surface area contributed by atoms with Gasteiger partial charge in [0, 0.05) is 24.8 Å². The minimum atomic E-state index is 0.262. The number of nitrogens with zero attached hydrogens (tertiary/aromatic N) is 1. The first-order chi connectivity index (χ1) is 9.51. The monoisotopic (exact) mass is 276 g/mol. The van der Waals surface area contributed by atoms with Crippen molar-refractivity contribution in [3.63, 3.8) is 0 Å². The van der Waals surface area contributed by atoms with Gasteiger partial charge in [0.15, 0.2) is 0 Å². The Morgan fingerprint density at radius 3 is 2.40 bits per heavy atom. The molecule has 0 radical (unpaired) electrons. The third kappa shape index (κ3) is 4.82. The molecule has 2 atom stereocenters. The average molecular weight is 276 g/mol. The second kappa shape index (κ2) is 8.31. The Balaban J connectivity index is 3.01. The van der Waals surface area contributed by atoms with Crippen LogP contribution >= 0.6 is 0 Å². The molecule has 1 aromatic carbocycles. The fraction of sp³-hybridized carbons (Fsp3) is 0.667. The Morgan fingerprint density at radius 2 is 1.85 bits per heavy atom. The summed E-state index contributed by atoms with van der Waals surface area (Å²) in [5.74, 6) is 0.726. The fourth-order valence-corrected chi connectivity index (χ4v) is 2.52. The van der Waals surface area contributed by atoms with Crippen molar-refractivity contribution in [2.24, 2.45) is 11.7 Å². The van der Waals surface area contributed by atoms with E-state index in [1.54, 1.807) is 0 Å². The Bertz CT molecular complexity index is 400. The molecule has 0 aliphatic heterocycles. The summed E-state index contributed by atoms with van der Waals surface area (Å²) in [6.07, 6.45) is 3.24. The molecule has 0 heterocycles. The van der Waals surface area contributed by atoms with E-state index in [1.807, 2.05) is 0 Å². The van der Waals surface area contributed by atoms with Gasteiger partial charge in [0.2, 0.25) is 0 Å². The van der Waals surface area contributed by atoms with Gasteiger partial charge in [0.1, 0.15) is 0 Å². The fourth-order valence-electron chi connectivity index (χ4n) is 2.52. The third-order valence-electron chi connectivity index (χ3n) is 4.19. The number of rotatable bonds is 8. The van der Waals surface area contributed by atoms with E-state index in [0.717, 1.165) is 31.8 Å². The van der Waals surface area contributed by atoms with Gasteiger partial charge in [-0.15, -0.1) is 0 Å². The van der Waals surface area contributed by atoms with Crippen LogP contribution in [-0.4, -0.2) is 19.1 Å². The molecule has 1 aromatic rings. The summed E-state index contributed by atoms with van der Waals surface area (Å²) in [5.41, 5.74) is 10.3. The van der Waals surface area contributed by atoms with Crippen LogP contribution in [0.2, 0.25) is 0 Å². The third-order valence-corrected chi connectivity index (χ3v) is 4.19. The number of nitrogens with two attached hydrogens (primary N) is 1. The van der Waals surface area contributed by atoms with Crippen molar-refractivity contribution in [1.29, 1.82) is 0 Å². The molecule has 2 unspecified atom stereocenters. The lowest BCUT2D eigenvalue weighted by Crippen LogP contribution is -2.30. The van der Waals surface area contributed by atoms with Crippen molar-refractivity contribution < 1.29 is 0 Å². The highest BCUT2D eigenvalue weighted by Crippen LogP contribution is 2.25. The van der Waals surface area contributed by atoms with Gasteiger partial charge >= 0.3 is 0 Å². The molecule has 114 valence electrons. The molecule has 0 aliphatic carbocycles. The van der Waals surface area contributed by atoms with Gasteiger partial charge in [-0.1, -0.05) is 44.9 Å². The predicted molar refractivity (Wildman–Crippen MR) is 90.5 cm³/mol. The zero-order valence-electron chi connectivity index (χ0n) is 13.9. The summed E-state index contributed by atoms with van der Waals surface area (Å²) in [5, 5.41) is 0. The van der Waals surface area contributed by atoms with Crippen molar-refractivity contribution in [3.05, 3.63) is 29.3 Å². The molecular formula is C18H32N2. The van der Waals surface area contributed by atoms with Crippen LogP contribution in [0.3, 0.4) is 0 Å². The number of aryl methyl sites for hydroxylation is 1. The number of benzene rings is 1. The minimum absolute atomic E-state index is 0.262. The Morgan fingerprint density at radius 1 is 1.15 bits per heavy atom. The summed E-state index contributed by atoms with van der Waals surface area (Å²) in [7, 11) is 0. The molecule has 0 amide bonds. The zero-order chi connectivity index (χ0) is 15.1. The van der Waals surface area contributed by atoms with Crippen LogP contribution in [0, 0.1) is 12.8 Å². The van der Waals surface area contributed by atoms with Crippen molar-refractivity contribution in [2.45, 2.75) is 59.9 Å². The molecule has 0 saturated heterocycles. The molecule has 0 aliphatic rings. The maximum absolute atomic E-state index is 6.17. The summed E-state index contributed by atoms with van der Waals surface area (Å²) < 4.78 is 0. The Labute approximate surface area is 125 Å². The highest BCUT2D eigenvalue weighted by atomic mass is 15.1. The second-order valence-corrected chi connectivity index (χ2v) is 6.06. The summed E-state index contributed by atoms with van der Waals surface area (Å²) in [6.45, 7) is 13.3. The molecule has 2 nitrogen and oxygen atoms in total. The van der Waals surface area contributed by atoms with E-state index in [-0.39, 0.29) is 6.04 Å². The maximum Gasteiger partial charge on any atom is 0.0399 e. The van der Waals surface area contributed by atoms with Gasteiger partial charge < -0.3 is 10.6 Å². The topological polar surface area (TPSA) is 29.3 Å². The van der Waals surface area contributed by atoms with Crippen LogP contribution in [0.4, 0.5) is 5.69 Å². The lowest BCUT2D eigenvalue weighted by atomic mass is 9.99. The molecular weight excluding hydrogens is 244 g/mol. The van der Waals surface area contributed by atoms with E-state index >= 15 is 0 Å².